The van der Waals surface area contributed by atoms with Gasteiger partial charge in [-0.2, -0.15) is 17.0 Å². The minimum atomic E-state index is -0.613. The van der Waals surface area contributed by atoms with Crippen LogP contribution in [0.1, 0.15) is 57.8 Å². The number of nitrogens with two attached hydrogens (primary N) is 1. The van der Waals surface area contributed by atoms with Crippen molar-refractivity contribution in [2.45, 2.75) is 87.6 Å². The van der Waals surface area contributed by atoms with Gasteiger partial charge in [0, 0.05) is 6.04 Å². The molecule has 1 heterocycles. The van der Waals surface area contributed by atoms with Gasteiger partial charge >= 0.3 is 5.97 Å². The van der Waals surface area contributed by atoms with E-state index < -0.39 is 11.6 Å². The summed E-state index contributed by atoms with van der Waals surface area (Å²) in [5.74, 6) is 2.10. The van der Waals surface area contributed by atoms with Crippen molar-refractivity contribution in [3.05, 3.63) is 0 Å². The summed E-state index contributed by atoms with van der Waals surface area (Å²) < 4.78 is 6.31. The van der Waals surface area contributed by atoms with E-state index in [-0.39, 0.29) is 35.4 Å². The summed E-state index contributed by atoms with van der Waals surface area (Å²) in [5, 5.41) is 12.7. The largest absolute Gasteiger partial charge is 0.458 e. The third kappa shape index (κ3) is 3.65. The maximum absolute atomic E-state index is 13.6. The molecule has 0 aromatic heterocycles. The van der Waals surface area contributed by atoms with Crippen molar-refractivity contribution in [2.24, 2.45) is 28.9 Å². The number of thioether (sulfide) groups is 1. The van der Waals surface area contributed by atoms with Gasteiger partial charge < -0.3 is 20.7 Å². The summed E-state index contributed by atoms with van der Waals surface area (Å²) in [5.41, 5.74) is 5.97. The lowest BCUT2D eigenvalue weighted by Crippen LogP contribution is -2.66. The zero-order valence-corrected chi connectivity index (χ0v) is 20.0. The van der Waals surface area contributed by atoms with Gasteiger partial charge in [0.1, 0.15) is 17.7 Å². The molecule has 8 heteroatoms. The zero-order chi connectivity index (χ0) is 22.7. The summed E-state index contributed by atoms with van der Waals surface area (Å²) in [4.78, 5) is 28.5. The fraction of sp³-hybridized carbons (Fsp3) is 0.875. The van der Waals surface area contributed by atoms with Crippen molar-refractivity contribution in [1.29, 1.82) is 5.26 Å². The Bertz CT molecular complexity index is 815. The fourth-order valence-corrected chi connectivity index (χ4v) is 8.41. The molecule has 0 spiro atoms. The third-order valence-corrected chi connectivity index (χ3v) is 9.69. The number of likely N-dealkylation sites (tertiary alicyclic amines) is 1. The molecule has 32 heavy (non-hydrogen) atoms. The molecular weight excluding hydrogens is 424 g/mol. The van der Waals surface area contributed by atoms with E-state index in [0.29, 0.717) is 24.2 Å². The van der Waals surface area contributed by atoms with E-state index in [4.69, 9.17) is 10.5 Å². The zero-order valence-electron chi connectivity index (χ0n) is 19.2. The number of ether oxygens (including phenoxy) is 1. The van der Waals surface area contributed by atoms with Gasteiger partial charge in [-0.05, 0) is 100 Å². The number of likely N-dealkylation sites (N-methyl/N-ethyl adjacent to an activating group) is 1. The molecule has 1 aliphatic heterocycles. The van der Waals surface area contributed by atoms with Gasteiger partial charge in [0.15, 0.2) is 0 Å². The van der Waals surface area contributed by atoms with E-state index in [1.807, 2.05) is 18.2 Å². The number of hydrogen-bond acceptors (Lipinski definition) is 7. The standard InChI is InChI=1S/C24H36N4O3S/c1-27-18(3-4-32-2)22(30)31-24-10-14-5-15(11-24)9-23(8-14,13-24)20(26)21(29)28-17(12-25)6-16-7-19(16)28/h14-20,27H,3-11,13,26H2,1-2H3/t14?,15?,16-,17+,18+,19+,20-,23?,24?/m1/s1. The van der Waals surface area contributed by atoms with Crippen LogP contribution in [0.15, 0.2) is 0 Å². The number of nitrogens with one attached hydrogen (secondary N) is 1. The number of hydrogen-bond donors (Lipinski definition) is 2. The van der Waals surface area contributed by atoms with Gasteiger partial charge in [-0.1, -0.05) is 0 Å². The second-order valence-corrected chi connectivity index (χ2v) is 12.2. The van der Waals surface area contributed by atoms with Crippen LogP contribution >= 0.6 is 11.8 Å². The predicted octanol–water partition coefficient (Wildman–Crippen LogP) is 2.05. The highest BCUT2D eigenvalue weighted by atomic mass is 32.2. The van der Waals surface area contributed by atoms with Crippen LogP contribution < -0.4 is 11.1 Å². The maximum atomic E-state index is 13.6. The first-order valence-corrected chi connectivity index (χ1v) is 13.6. The highest BCUT2D eigenvalue weighted by Gasteiger charge is 2.64. The number of nitrogens with zero attached hydrogens (tertiary/aromatic N) is 2. The Balaban J connectivity index is 1.35. The minimum Gasteiger partial charge on any atom is -0.458 e. The van der Waals surface area contributed by atoms with Gasteiger partial charge in [0.05, 0.1) is 12.1 Å². The molecule has 3 N–H and O–H groups in total. The van der Waals surface area contributed by atoms with Gasteiger partial charge in [0.2, 0.25) is 5.91 Å². The number of nitriles is 1. The Morgan fingerprint density at radius 2 is 1.97 bits per heavy atom. The number of piperidine rings is 1. The van der Waals surface area contributed by atoms with Crippen molar-refractivity contribution in [3.8, 4) is 6.07 Å². The molecule has 4 bridgehead atoms. The van der Waals surface area contributed by atoms with Crippen LogP contribution in [0.3, 0.4) is 0 Å². The predicted molar refractivity (Wildman–Crippen MR) is 123 cm³/mol. The Morgan fingerprint density at radius 3 is 2.59 bits per heavy atom. The average molecular weight is 461 g/mol. The van der Waals surface area contributed by atoms with Crippen LogP contribution in [0.25, 0.3) is 0 Å². The molecule has 7 nitrogen and oxygen atoms in total. The normalized spacial score (nSPS) is 42.8. The van der Waals surface area contributed by atoms with Gasteiger partial charge in [-0.15, -0.1) is 0 Å². The van der Waals surface area contributed by atoms with Gasteiger partial charge in [-0.3, -0.25) is 9.59 Å². The van der Waals surface area contributed by atoms with Crippen LogP contribution in [-0.2, 0) is 14.3 Å². The number of carbonyl (C=O) groups is 2. The second kappa shape index (κ2) is 8.18. The van der Waals surface area contributed by atoms with Crippen molar-refractivity contribution in [2.75, 3.05) is 19.1 Å². The first kappa shape index (κ1) is 22.5. The van der Waals surface area contributed by atoms with Crippen LogP contribution in [0, 0.1) is 34.5 Å². The van der Waals surface area contributed by atoms with Crippen molar-refractivity contribution in [1.82, 2.24) is 10.2 Å². The Kier molecular flexibility index (Phi) is 5.75. The summed E-state index contributed by atoms with van der Waals surface area (Å²) in [7, 11) is 1.81. The quantitative estimate of drug-likeness (QED) is 0.534. The maximum Gasteiger partial charge on any atom is 0.323 e. The minimum absolute atomic E-state index is 0.0435. The highest BCUT2D eigenvalue weighted by Crippen LogP contribution is 2.64. The van der Waals surface area contributed by atoms with Gasteiger partial charge in [-0.25, -0.2) is 0 Å². The number of rotatable bonds is 8. The molecule has 0 aromatic rings. The molecule has 1 amide bonds. The van der Waals surface area contributed by atoms with Gasteiger partial charge in [0.25, 0.3) is 0 Å². The Hall–Kier alpha value is -1.30. The molecule has 6 fully saturated rings. The monoisotopic (exact) mass is 460 g/mol. The van der Waals surface area contributed by atoms with E-state index in [9.17, 15) is 14.9 Å². The van der Waals surface area contributed by atoms with E-state index >= 15 is 0 Å². The van der Waals surface area contributed by atoms with E-state index in [1.165, 1.54) is 0 Å². The van der Waals surface area contributed by atoms with E-state index in [0.717, 1.165) is 57.1 Å². The molecule has 0 aromatic carbocycles. The van der Waals surface area contributed by atoms with Crippen LogP contribution in [0.2, 0.25) is 0 Å². The summed E-state index contributed by atoms with van der Waals surface area (Å²) in [6.45, 7) is 0. The SMILES string of the molecule is CN[C@@H](CCSC)C(=O)OC12CC3CC(C1)CC([C@H](N)C(=O)N1[C@H](C#N)C[C@@H]4C[C@@H]41)(C3)C2. The van der Waals surface area contributed by atoms with Crippen LogP contribution in [0.4, 0.5) is 0 Å². The Labute approximate surface area is 195 Å². The highest BCUT2D eigenvalue weighted by molar-refractivity contribution is 7.98. The smallest absolute Gasteiger partial charge is 0.323 e. The third-order valence-electron chi connectivity index (χ3n) is 9.05. The molecule has 7 atom stereocenters. The lowest BCUT2D eigenvalue weighted by molar-refractivity contribution is -0.207. The van der Waals surface area contributed by atoms with E-state index in [1.54, 1.807) is 11.8 Å². The molecule has 6 aliphatic rings. The molecule has 6 rings (SSSR count). The van der Waals surface area contributed by atoms with Crippen molar-refractivity contribution in [3.63, 3.8) is 0 Å². The topological polar surface area (TPSA) is 108 Å². The lowest BCUT2D eigenvalue weighted by atomic mass is 9.46. The molecular formula is C24H36N4O3S. The molecule has 0 radical (unpaired) electrons. The van der Waals surface area contributed by atoms with Crippen LogP contribution in [-0.4, -0.2) is 65.6 Å². The second-order valence-electron chi connectivity index (χ2n) is 11.2. The lowest BCUT2D eigenvalue weighted by Gasteiger charge is -2.62. The fourth-order valence-electron chi connectivity index (χ4n) is 7.94. The van der Waals surface area contributed by atoms with Crippen molar-refractivity contribution >= 4 is 23.6 Å². The first-order valence-electron chi connectivity index (χ1n) is 12.2. The summed E-state index contributed by atoms with van der Waals surface area (Å²) in [6.07, 6.45) is 10.1. The first-order chi connectivity index (χ1) is 15.3. The van der Waals surface area contributed by atoms with E-state index in [2.05, 4.69) is 11.4 Å². The number of esters is 1. The Morgan fingerprint density at radius 1 is 1.25 bits per heavy atom. The average Bonchev–Trinajstić information content (AvgIpc) is 3.41. The molecule has 176 valence electrons. The summed E-state index contributed by atoms with van der Waals surface area (Å²) in [6, 6.07) is 1.30. The number of carbonyl (C=O) groups excluding carboxylic acids is 2. The molecule has 2 unspecified atom stereocenters. The summed E-state index contributed by atoms with van der Waals surface area (Å²) >= 11 is 1.73. The van der Waals surface area contributed by atoms with Crippen molar-refractivity contribution < 1.29 is 14.3 Å². The van der Waals surface area contributed by atoms with Crippen LogP contribution in [0.5, 0.6) is 0 Å². The molecule has 5 saturated carbocycles. The molecule has 5 aliphatic carbocycles. The number of amides is 1. The molecule has 1 saturated heterocycles. The number of fused-ring (bicyclic) bond motifs is 1.